The zero-order chi connectivity index (χ0) is 21.5. The molecule has 8 heteroatoms. The van der Waals surface area contributed by atoms with Crippen molar-refractivity contribution < 1.29 is 19.1 Å². The summed E-state index contributed by atoms with van der Waals surface area (Å²) < 4.78 is 10.7. The summed E-state index contributed by atoms with van der Waals surface area (Å²) in [5.41, 5.74) is 3.75. The molecular formula is C22H16Cl2N2O4. The summed E-state index contributed by atoms with van der Waals surface area (Å²) in [6.45, 7) is 0. The van der Waals surface area contributed by atoms with E-state index in [1.807, 2.05) is 6.07 Å². The lowest BCUT2D eigenvalue weighted by molar-refractivity contribution is 0.0729. The summed E-state index contributed by atoms with van der Waals surface area (Å²) in [6, 6.07) is 18.0. The van der Waals surface area contributed by atoms with Crippen LogP contribution < -0.4 is 14.9 Å². The van der Waals surface area contributed by atoms with Crippen molar-refractivity contribution in [2.75, 3.05) is 7.11 Å². The van der Waals surface area contributed by atoms with Crippen molar-refractivity contribution in [2.24, 2.45) is 5.10 Å². The lowest BCUT2D eigenvalue weighted by Gasteiger charge is -2.10. The summed E-state index contributed by atoms with van der Waals surface area (Å²) in [6.07, 6.45) is 1.45. The molecule has 0 unspecified atom stereocenters. The van der Waals surface area contributed by atoms with Gasteiger partial charge >= 0.3 is 5.97 Å². The van der Waals surface area contributed by atoms with E-state index < -0.39 is 5.97 Å². The van der Waals surface area contributed by atoms with E-state index in [1.54, 1.807) is 48.5 Å². The van der Waals surface area contributed by atoms with Gasteiger partial charge in [-0.1, -0.05) is 41.4 Å². The normalized spacial score (nSPS) is 10.6. The van der Waals surface area contributed by atoms with Gasteiger partial charge in [0.25, 0.3) is 5.91 Å². The number of benzene rings is 3. The molecule has 0 saturated heterocycles. The van der Waals surface area contributed by atoms with Crippen LogP contribution in [0.1, 0.15) is 26.3 Å². The van der Waals surface area contributed by atoms with Crippen LogP contribution in [0.2, 0.25) is 10.0 Å². The number of nitrogens with zero attached hydrogens (tertiary/aromatic N) is 1. The van der Waals surface area contributed by atoms with Gasteiger partial charge in [0.2, 0.25) is 0 Å². The summed E-state index contributed by atoms with van der Waals surface area (Å²) in [5, 5.41) is 4.53. The Morgan fingerprint density at radius 2 is 1.73 bits per heavy atom. The Labute approximate surface area is 183 Å². The van der Waals surface area contributed by atoms with Crippen molar-refractivity contribution in [3.63, 3.8) is 0 Å². The third kappa shape index (κ3) is 5.37. The summed E-state index contributed by atoms with van der Waals surface area (Å²) >= 11 is 11.9. The number of nitrogens with one attached hydrogen (secondary N) is 1. The molecule has 6 nitrogen and oxygen atoms in total. The van der Waals surface area contributed by atoms with Crippen molar-refractivity contribution in [1.29, 1.82) is 0 Å². The summed E-state index contributed by atoms with van der Waals surface area (Å²) in [5.74, 6) is -0.457. The molecule has 0 radical (unpaired) electrons. The Balaban J connectivity index is 1.70. The minimum absolute atomic E-state index is 0.178. The van der Waals surface area contributed by atoms with Gasteiger partial charge in [-0.25, -0.2) is 10.2 Å². The maximum absolute atomic E-state index is 12.4. The molecule has 30 heavy (non-hydrogen) atoms. The number of amides is 1. The first-order chi connectivity index (χ1) is 14.5. The fraction of sp³-hybridized carbons (Fsp3) is 0.0455. The van der Waals surface area contributed by atoms with Gasteiger partial charge in [0, 0.05) is 10.6 Å². The first-order valence-electron chi connectivity index (χ1n) is 8.71. The molecule has 0 bridgehead atoms. The van der Waals surface area contributed by atoms with Crippen LogP contribution in [0.15, 0.2) is 71.8 Å². The Morgan fingerprint density at radius 3 is 2.43 bits per heavy atom. The molecule has 0 atom stereocenters. The molecule has 1 N–H and O–H groups in total. The predicted octanol–water partition coefficient (Wildman–Crippen LogP) is 4.99. The second-order valence-electron chi connectivity index (χ2n) is 5.99. The molecule has 0 spiro atoms. The van der Waals surface area contributed by atoms with E-state index in [1.165, 1.54) is 25.5 Å². The number of ether oxygens (including phenoxy) is 2. The Kier molecular flexibility index (Phi) is 7.06. The van der Waals surface area contributed by atoms with Crippen molar-refractivity contribution in [3.8, 4) is 11.5 Å². The molecule has 0 heterocycles. The van der Waals surface area contributed by atoms with E-state index in [-0.39, 0.29) is 22.2 Å². The number of hydrogen-bond acceptors (Lipinski definition) is 5. The van der Waals surface area contributed by atoms with Gasteiger partial charge in [-0.15, -0.1) is 0 Å². The highest BCUT2D eigenvalue weighted by molar-refractivity contribution is 6.36. The average Bonchev–Trinajstić information content (AvgIpc) is 2.75. The number of methoxy groups -OCH3 is 1. The molecule has 0 fully saturated rings. The smallest absolute Gasteiger partial charge is 0.345 e. The van der Waals surface area contributed by atoms with Gasteiger partial charge in [-0.05, 0) is 54.1 Å². The number of carbonyl (C=O) groups is 2. The lowest BCUT2D eigenvalue weighted by atomic mass is 10.2. The Hall–Kier alpha value is -3.35. The SMILES string of the molecule is COc1cc(/C=N\NC(=O)c2ccccc2)ccc1OC(=O)c1ccc(Cl)cc1Cl. The highest BCUT2D eigenvalue weighted by Crippen LogP contribution is 2.29. The van der Waals surface area contributed by atoms with Crippen molar-refractivity contribution in [3.05, 3.63) is 93.5 Å². The fourth-order valence-corrected chi connectivity index (χ4v) is 2.96. The quantitative estimate of drug-likeness (QED) is 0.252. The zero-order valence-electron chi connectivity index (χ0n) is 15.8. The monoisotopic (exact) mass is 442 g/mol. The van der Waals surface area contributed by atoms with Gasteiger partial charge in [0.1, 0.15) is 0 Å². The summed E-state index contributed by atoms with van der Waals surface area (Å²) in [7, 11) is 1.44. The van der Waals surface area contributed by atoms with Crippen LogP contribution in [0, 0.1) is 0 Å². The average molecular weight is 443 g/mol. The van der Waals surface area contributed by atoms with Crippen molar-refractivity contribution in [1.82, 2.24) is 5.43 Å². The second-order valence-corrected chi connectivity index (χ2v) is 6.83. The Bertz CT molecular complexity index is 1100. The molecule has 3 aromatic carbocycles. The van der Waals surface area contributed by atoms with Crippen molar-refractivity contribution in [2.45, 2.75) is 0 Å². The number of hydrogen-bond donors (Lipinski definition) is 1. The minimum atomic E-state index is -0.647. The van der Waals surface area contributed by atoms with Crippen LogP contribution in [0.3, 0.4) is 0 Å². The molecule has 0 saturated carbocycles. The molecule has 0 aliphatic heterocycles. The third-order valence-electron chi connectivity index (χ3n) is 3.96. The fourth-order valence-electron chi connectivity index (χ4n) is 2.48. The van der Waals surface area contributed by atoms with Gasteiger partial charge in [-0.3, -0.25) is 4.79 Å². The van der Waals surface area contributed by atoms with E-state index >= 15 is 0 Å². The summed E-state index contributed by atoms with van der Waals surface area (Å²) in [4.78, 5) is 24.4. The molecule has 0 aliphatic carbocycles. The van der Waals surface area contributed by atoms with Gasteiger partial charge in [0.15, 0.2) is 11.5 Å². The van der Waals surface area contributed by atoms with Gasteiger partial charge in [-0.2, -0.15) is 5.10 Å². The van der Waals surface area contributed by atoms with E-state index in [9.17, 15) is 9.59 Å². The van der Waals surface area contributed by atoms with Crippen LogP contribution in [0.25, 0.3) is 0 Å². The second kappa shape index (κ2) is 9.91. The number of esters is 1. The van der Waals surface area contributed by atoms with Crippen LogP contribution in [0.5, 0.6) is 11.5 Å². The number of carbonyl (C=O) groups excluding carboxylic acids is 2. The van der Waals surface area contributed by atoms with Crippen LogP contribution >= 0.6 is 23.2 Å². The van der Waals surface area contributed by atoms with E-state index in [0.717, 1.165) is 0 Å². The molecule has 0 aliphatic rings. The first-order valence-corrected chi connectivity index (χ1v) is 9.47. The number of hydrazone groups is 1. The van der Waals surface area contributed by atoms with E-state index in [0.29, 0.717) is 21.9 Å². The predicted molar refractivity (Wildman–Crippen MR) is 116 cm³/mol. The molecule has 3 rings (SSSR count). The molecular weight excluding hydrogens is 427 g/mol. The maximum atomic E-state index is 12.4. The van der Waals surface area contributed by atoms with Crippen LogP contribution in [0.4, 0.5) is 0 Å². The standard InChI is InChI=1S/C22H16Cl2N2O4/c1-29-20-11-14(13-25-26-21(27)15-5-3-2-4-6-15)7-10-19(20)30-22(28)17-9-8-16(23)12-18(17)24/h2-13H,1H3,(H,26,27)/b25-13-. The van der Waals surface area contributed by atoms with Gasteiger partial charge in [0.05, 0.1) is 23.9 Å². The number of halogens is 2. The topological polar surface area (TPSA) is 77.0 Å². The highest BCUT2D eigenvalue weighted by Gasteiger charge is 2.16. The minimum Gasteiger partial charge on any atom is -0.493 e. The Morgan fingerprint density at radius 1 is 0.967 bits per heavy atom. The third-order valence-corrected chi connectivity index (χ3v) is 4.50. The largest absolute Gasteiger partial charge is 0.493 e. The maximum Gasteiger partial charge on any atom is 0.345 e. The lowest BCUT2D eigenvalue weighted by Crippen LogP contribution is -2.17. The zero-order valence-corrected chi connectivity index (χ0v) is 17.3. The molecule has 1 amide bonds. The van der Waals surface area contributed by atoms with Crippen LogP contribution in [-0.2, 0) is 0 Å². The van der Waals surface area contributed by atoms with Crippen molar-refractivity contribution >= 4 is 41.3 Å². The molecule has 3 aromatic rings. The van der Waals surface area contributed by atoms with Gasteiger partial charge < -0.3 is 9.47 Å². The first kappa shape index (κ1) is 21.4. The number of rotatable bonds is 6. The molecule has 0 aromatic heterocycles. The van der Waals surface area contributed by atoms with E-state index in [4.69, 9.17) is 32.7 Å². The van der Waals surface area contributed by atoms with E-state index in [2.05, 4.69) is 10.5 Å². The molecule has 152 valence electrons. The van der Waals surface area contributed by atoms with Crippen LogP contribution in [-0.4, -0.2) is 25.2 Å². The highest BCUT2D eigenvalue weighted by atomic mass is 35.5.